The van der Waals surface area contributed by atoms with Gasteiger partial charge < -0.3 is 9.67 Å². The molecule has 2 aromatic rings. The van der Waals surface area contributed by atoms with Crippen molar-refractivity contribution in [1.82, 2.24) is 9.55 Å². The number of aromatic nitrogens is 2. The summed E-state index contributed by atoms with van der Waals surface area (Å²) in [7, 11) is 2.00. The molecule has 0 amide bonds. The molecule has 0 fully saturated rings. The number of halogens is 1. The zero-order valence-corrected chi connectivity index (χ0v) is 11.1. The molecule has 2 rings (SSSR count). The number of unbranched alkanes of at least 4 members (excludes halogenated alkanes) is 1. The Labute approximate surface area is 112 Å². The second-order valence-electron chi connectivity index (χ2n) is 4.18. The van der Waals surface area contributed by atoms with Gasteiger partial charge in [-0.25, -0.2) is 4.98 Å². The number of aryl methyl sites for hydroxylation is 2. The second-order valence-corrected chi connectivity index (χ2v) is 4.18. The highest BCUT2D eigenvalue weighted by Gasteiger charge is 2.06. The Balaban J connectivity index is 0.00000162. The Bertz CT molecular complexity index is 537. The first-order valence-corrected chi connectivity index (χ1v) is 5.80. The summed E-state index contributed by atoms with van der Waals surface area (Å²) in [6, 6.07) is 8.01. The number of carbonyl (C=O) groups is 1. The van der Waals surface area contributed by atoms with Crippen LogP contribution < -0.4 is 0 Å². The molecule has 0 saturated carbocycles. The molecule has 0 spiro atoms. The van der Waals surface area contributed by atoms with Crippen LogP contribution >= 0.6 is 12.4 Å². The fraction of sp³-hybridized carbons (Fsp3) is 0.385. The Morgan fingerprint density at radius 2 is 2.06 bits per heavy atom. The van der Waals surface area contributed by atoms with Crippen LogP contribution in [0.4, 0.5) is 0 Å². The number of carboxylic acid groups (broad SMARTS) is 1. The van der Waals surface area contributed by atoms with Gasteiger partial charge in [0.1, 0.15) is 5.82 Å². The van der Waals surface area contributed by atoms with Gasteiger partial charge in [0.2, 0.25) is 0 Å². The lowest BCUT2D eigenvalue weighted by Gasteiger charge is -2.01. The first-order valence-electron chi connectivity index (χ1n) is 5.80. The first kappa shape index (κ1) is 14.5. The molecule has 0 atom stereocenters. The molecule has 0 unspecified atom stereocenters. The van der Waals surface area contributed by atoms with E-state index in [1.54, 1.807) is 0 Å². The Kier molecular flexibility index (Phi) is 5.16. The van der Waals surface area contributed by atoms with Gasteiger partial charge in [0.15, 0.2) is 0 Å². The van der Waals surface area contributed by atoms with E-state index in [4.69, 9.17) is 5.11 Å². The zero-order chi connectivity index (χ0) is 12.3. The van der Waals surface area contributed by atoms with Gasteiger partial charge in [-0.15, -0.1) is 12.4 Å². The largest absolute Gasteiger partial charge is 0.481 e. The van der Waals surface area contributed by atoms with E-state index in [-0.39, 0.29) is 18.8 Å². The van der Waals surface area contributed by atoms with Crippen molar-refractivity contribution in [1.29, 1.82) is 0 Å². The highest BCUT2D eigenvalue weighted by Crippen LogP contribution is 2.15. The van der Waals surface area contributed by atoms with E-state index < -0.39 is 5.97 Å². The van der Waals surface area contributed by atoms with Crippen LogP contribution in [0, 0.1) is 0 Å². The molecule has 1 aromatic carbocycles. The smallest absolute Gasteiger partial charge is 0.303 e. The quantitative estimate of drug-likeness (QED) is 0.849. The summed E-state index contributed by atoms with van der Waals surface area (Å²) in [5.74, 6) is 0.298. The number of para-hydroxylation sites is 2. The number of fused-ring (bicyclic) bond motifs is 1. The average Bonchev–Trinajstić information content (AvgIpc) is 2.63. The number of imidazole rings is 1. The van der Waals surface area contributed by atoms with E-state index in [2.05, 4.69) is 9.55 Å². The number of aliphatic carboxylic acids is 1. The summed E-state index contributed by atoms with van der Waals surface area (Å²) in [4.78, 5) is 14.9. The summed E-state index contributed by atoms with van der Waals surface area (Å²) in [6.07, 6.45) is 2.64. The van der Waals surface area contributed by atoms with Crippen molar-refractivity contribution >= 4 is 29.4 Å². The Morgan fingerprint density at radius 1 is 1.33 bits per heavy atom. The van der Waals surface area contributed by atoms with Crippen LogP contribution in [0.5, 0.6) is 0 Å². The number of hydrogen-bond acceptors (Lipinski definition) is 2. The molecule has 0 radical (unpaired) electrons. The van der Waals surface area contributed by atoms with Crippen LogP contribution in [0.2, 0.25) is 0 Å². The van der Waals surface area contributed by atoms with E-state index in [1.807, 2.05) is 31.3 Å². The van der Waals surface area contributed by atoms with Crippen LogP contribution in [0.25, 0.3) is 11.0 Å². The van der Waals surface area contributed by atoms with Crippen LogP contribution in [-0.2, 0) is 18.3 Å². The second kappa shape index (κ2) is 6.40. The van der Waals surface area contributed by atoms with Crippen LogP contribution in [0.3, 0.4) is 0 Å². The van der Waals surface area contributed by atoms with Gasteiger partial charge in [0.05, 0.1) is 11.0 Å². The molecule has 1 aromatic heterocycles. The van der Waals surface area contributed by atoms with Crippen LogP contribution in [0.1, 0.15) is 25.1 Å². The summed E-state index contributed by atoms with van der Waals surface area (Å²) >= 11 is 0. The molecule has 1 N–H and O–H groups in total. The van der Waals surface area contributed by atoms with Gasteiger partial charge in [-0.05, 0) is 25.0 Å². The fourth-order valence-corrected chi connectivity index (χ4v) is 1.98. The molecule has 1 heterocycles. The number of nitrogens with zero attached hydrogens (tertiary/aromatic N) is 2. The third-order valence-electron chi connectivity index (χ3n) is 2.92. The monoisotopic (exact) mass is 268 g/mol. The van der Waals surface area contributed by atoms with Crippen molar-refractivity contribution in [2.45, 2.75) is 25.7 Å². The van der Waals surface area contributed by atoms with Crippen molar-refractivity contribution < 1.29 is 9.90 Å². The van der Waals surface area contributed by atoms with E-state index in [9.17, 15) is 4.79 Å². The standard InChI is InChI=1S/C13H16N2O2.ClH/c1-15-11-7-3-2-6-10(11)14-12(15)8-4-5-9-13(16)17;/h2-3,6-7H,4-5,8-9H2,1H3,(H,16,17);1H. The molecular formula is C13H17ClN2O2. The summed E-state index contributed by atoms with van der Waals surface area (Å²) in [6.45, 7) is 0. The molecule has 0 saturated heterocycles. The summed E-state index contributed by atoms with van der Waals surface area (Å²) in [5, 5.41) is 8.56. The lowest BCUT2D eigenvalue weighted by atomic mass is 10.2. The van der Waals surface area contributed by atoms with Gasteiger partial charge in [-0.1, -0.05) is 12.1 Å². The number of carboxylic acids is 1. The van der Waals surface area contributed by atoms with Crippen molar-refractivity contribution in [3.8, 4) is 0 Å². The third-order valence-corrected chi connectivity index (χ3v) is 2.92. The number of hydrogen-bond donors (Lipinski definition) is 1. The molecule has 98 valence electrons. The first-order chi connectivity index (χ1) is 8.18. The number of rotatable bonds is 5. The molecule has 0 aliphatic carbocycles. The third kappa shape index (κ3) is 3.23. The van der Waals surface area contributed by atoms with Crippen molar-refractivity contribution in [2.75, 3.05) is 0 Å². The predicted molar refractivity (Wildman–Crippen MR) is 73.2 cm³/mol. The molecule has 0 aliphatic rings. The van der Waals surface area contributed by atoms with Gasteiger partial charge in [-0.3, -0.25) is 4.79 Å². The molecular weight excluding hydrogens is 252 g/mol. The lowest BCUT2D eigenvalue weighted by Crippen LogP contribution is -1.99. The van der Waals surface area contributed by atoms with Gasteiger partial charge in [0.25, 0.3) is 0 Å². The highest BCUT2D eigenvalue weighted by atomic mass is 35.5. The predicted octanol–water partition coefficient (Wildman–Crippen LogP) is 2.79. The molecule has 18 heavy (non-hydrogen) atoms. The minimum absolute atomic E-state index is 0. The summed E-state index contributed by atoms with van der Waals surface area (Å²) in [5.41, 5.74) is 2.13. The molecule has 4 nitrogen and oxygen atoms in total. The minimum atomic E-state index is -0.727. The topological polar surface area (TPSA) is 55.1 Å². The van der Waals surface area contributed by atoms with Gasteiger partial charge in [0, 0.05) is 19.9 Å². The van der Waals surface area contributed by atoms with Gasteiger partial charge >= 0.3 is 5.97 Å². The van der Waals surface area contributed by atoms with Crippen molar-refractivity contribution in [3.05, 3.63) is 30.1 Å². The maximum atomic E-state index is 10.4. The maximum absolute atomic E-state index is 10.4. The number of benzene rings is 1. The highest BCUT2D eigenvalue weighted by molar-refractivity contribution is 5.85. The lowest BCUT2D eigenvalue weighted by molar-refractivity contribution is -0.137. The maximum Gasteiger partial charge on any atom is 0.303 e. The zero-order valence-electron chi connectivity index (χ0n) is 10.3. The molecule has 0 bridgehead atoms. The molecule has 5 heteroatoms. The average molecular weight is 269 g/mol. The molecule has 0 aliphatic heterocycles. The van der Waals surface area contributed by atoms with Gasteiger partial charge in [-0.2, -0.15) is 0 Å². The van der Waals surface area contributed by atoms with Crippen LogP contribution in [-0.4, -0.2) is 20.6 Å². The summed E-state index contributed by atoms with van der Waals surface area (Å²) < 4.78 is 2.08. The van der Waals surface area contributed by atoms with Crippen molar-refractivity contribution in [2.24, 2.45) is 7.05 Å². The van der Waals surface area contributed by atoms with E-state index in [1.165, 1.54) is 0 Å². The normalized spacial score (nSPS) is 10.3. The van der Waals surface area contributed by atoms with E-state index >= 15 is 0 Å². The SMILES string of the molecule is Cl.Cn1c(CCCCC(=O)O)nc2ccccc21. The van der Waals surface area contributed by atoms with E-state index in [0.29, 0.717) is 6.42 Å². The van der Waals surface area contributed by atoms with Crippen LogP contribution in [0.15, 0.2) is 24.3 Å². The Hall–Kier alpha value is -1.55. The fourth-order valence-electron chi connectivity index (χ4n) is 1.98. The van der Waals surface area contributed by atoms with Crippen molar-refractivity contribution in [3.63, 3.8) is 0 Å². The Morgan fingerprint density at radius 3 is 2.72 bits per heavy atom. The van der Waals surface area contributed by atoms with E-state index in [0.717, 1.165) is 29.7 Å². The minimum Gasteiger partial charge on any atom is -0.481 e.